The molecule has 31 heavy (non-hydrogen) atoms. The molecule has 2 fully saturated rings. The van der Waals surface area contributed by atoms with E-state index in [0.717, 1.165) is 29.6 Å². The van der Waals surface area contributed by atoms with Crippen molar-refractivity contribution in [1.29, 1.82) is 5.26 Å². The van der Waals surface area contributed by atoms with Crippen molar-refractivity contribution in [2.45, 2.75) is 56.8 Å². The molecule has 1 aromatic heterocycles. The Labute approximate surface area is 185 Å². The zero-order valence-electron chi connectivity index (χ0n) is 17.3. The molecule has 2 amide bonds. The highest BCUT2D eigenvalue weighted by Gasteiger charge is 2.38. The lowest BCUT2D eigenvalue weighted by Gasteiger charge is -2.49. The van der Waals surface area contributed by atoms with Crippen LogP contribution >= 0.6 is 11.3 Å². The average Bonchev–Trinajstić information content (AvgIpc) is 3.16. The third kappa shape index (κ3) is 4.41. The van der Waals surface area contributed by atoms with Gasteiger partial charge < -0.3 is 5.32 Å². The van der Waals surface area contributed by atoms with Crippen molar-refractivity contribution in [3.05, 3.63) is 59.7 Å². The summed E-state index contributed by atoms with van der Waals surface area (Å²) < 4.78 is 0.901. The Morgan fingerprint density at radius 2 is 1.94 bits per heavy atom. The molecule has 158 valence electrons. The monoisotopic (exact) mass is 431 g/mol. The van der Waals surface area contributed by atoms with Gasteiger partial charge >= 0.3 is 6.03 Å². The second-order valence-corrected chi connectivity index (χ2v) is 9.51. The number of nitrogens with one attached hydrogen (secondary N) is 2. The van der Waals surface area contributed by atoms with Crippen molar-refractivity contribution in [2.75, 3.05) is 5.32 Å². The Hall–Kier alpha value is -2.95. The summed E-state index contributed by atoms with van der Waals surface area (Å²) in [4.78, 5) is 19.8. The number of benzene rings is 2. The summed E-state index contributed by atoms with van der Waals surface area (Å²) >= 11 is 1.39. The maximum absolute atomic E-state index is 12.7. The summed E-state index contributed by atoms with van der Waals surface area (Å²) in [6.07, 6.45) is 5.64. The summed E-state index contributed by atoms with van der Waals surface area (Å²) in [7, 11) is 0. The van der Waals surface area contributed by atoms with Gasteiger partial charge in [-0.25, -0.2) is 9.78 Å². The van der Waals surface area contributed by atoms with Crippen LogP contribution in [0, 0.1) is 11.3 Å². The molecular weight excluding hydrogens is 406 g/mol. The Balaban J connectivity index is 1.21. The van der Waals surface area contributed by atoms with Crippen LogP contribution in [0.4, 0.5) is 9.93 Å². The highest BCUT2D eigenvalue weighted by Crippen LogP contribution is 2.35. The topological polar surface area (TPSA) is 81.0 Å². The maximum atomic E-state index is 12.7. The van der Waals surface area contributed by atoms with Crippen molar-refractivity contribution in [1.82, 2.24) is 15.2 Å². The lowest BCUT2D eigenvalue weighted by atomic mass is 9.81. The summed E-state index contributed by atoms with van der Waals surface area (Å²) in [5.74, 6) is 0. The van der Waals surface area contributed by atoms with Crippen molar-refractivity contribution in [2.24, 2.45) is 0 Å². The number of fused-ring (bicyclic) bond motifs is 3. The van der Waals surface area contributed by atoms with Crippen molar-refractivity contribution in [3.8, 4) is 6.07 Å². The third-order valence-corrected chi connectivity index (χ3v) is 7.34. The molecule has 0 spiro atoms. The van der Waals surface area contributed by atoms with E-state index in [4.69, 9.17) is 5.26 Å². The highest BCUT2D eigenvalue weighted by atomic mass is 32.1. The lowest BCUT2D eigenvalue weighted by molar-refractivity contribution is 0.0200. The van der Waals surface area contributed by atoms with E-state index in [2.05, 4.69) is 56.9 Å². The molecule has 2 aliphatic heterocycles. The van der Waals surface area contributed by atoms with E-state index in [-0.39, 0.29) is 12.1 Å². The second kappa shape index (κ2) is 8.66. The van der Waals surface area contributed by atoms with E-state index in [1.807, 2.05) is 6.07 Å². The quantitative estimate of drug-likeness (QED) is 0.617. The van der Waals surface area contributed by atoms with Gasteiger partial charge in [-0.3, -0.25) is 10.2 Å². The first kappa shape index (κ1) is 20.0. The predicted molar refractivity (Wildman–Crippen MR) is 123 cm³/mol. The number of thiazole rings is 1. The fraction of sp³-hybridized carbons (Fsp3) is 0.375. The largest absolute Gasteiger partial charge is 0.335 e. The van der Waals surface area contributed by atoms with Crippen LogP contribution in [0.1, 0.15) is 43.2 Å². The molecule has 2 N–H and O–H groups in total. The van der Waals surface area contributed by atoms with E-state index in [0.29, 0.717) is 22.8 Å². The van der Waals surface area contributed by atoms with E-state index in [1.165, 1.54) is 36.2 Å². The van der Waals surface area contributed by atoms with Crippen LogP contribution in [0.15, 0.2) is 48.5 Å². The minimum Gasteiger partial charge on any atom is -0.335 e. The first-order chi connectivity index (χ1) is 15.2. The number of carbonyl (C=O) groups is 1. The van der Waals surface area contributed by atoms with Gasteiger partial charge in [0.2, 0.25) is 0 Å². The van der Waals surface area contributed by atoms with Crippen LogP contribution in [0.3, 0.4) is 0 Å². The number of nitriles is 1. The van der Waals surface area contributed by atoms with Crippen LogP contribution in [0.2, 0.25) is 0 Å². The number of anilines is 1. The van der Waals surface area contributed by atoms with Gasteiger partial charge in [0.1, 0.15) is 0 Å². The fourth-order valence-corrected chi connectivity index (χ4v) is 5.92. The van der Waals surface area contributed by atoms with Gasteiger partial charge in [0, 0.05) is 24.7 Å². The van der Waals surface area contributed by atoms with Crippen LogP contribution in [-0.2, 0) is 6.54 Å². The number of aromatic nitrogens is 1. The van der Waals surface area contributed by atoms with Crippen molar-refractivity contribution in [3.63, 3.8) is 0 Å². The normalized spacial score (nSPS) is 23.3. The molecule has 7 heteroatoms. The smallest absolute Gasteiger partial charge is 0.321 e. The van der Waals surface area contributed by atoms with Gasteiger partial charge in [0.15, 0.2) is 5.13 Å². The number of hydrogen-bond donors (Lipinski definition) is 2. The first-order valence-electron chi connectivity index (χ1n) is 10.9. The lowest BCUT2D eigenvalue weighted by Crippen LogP contribution is -2.56. The van der Waals surface area contributed by atoms with Crippen LogP contribution in [-0.4, -0.2) is 34.0 Å². The molecule has 3 heterocycles. The maximum Gasteiger partial charge on any atom is 0.321 e. The van der Waals surface area contributed by atoms with Crippen LogP contribution < -0.4 is 10.6 Å². The molecule has 2 aliphatic rings. The molecule has 3 aromatic rings. The first-order valence-corrected chi connectivity index (χ1v) is 11.7. The zero-order chi connectivity index (χ0) is 21.2. The summed E-state index contributed by atoms with van der Waals surface area (Å²) in [6, 6.07) is 19.2. The van der Waals surface area contributed by atoms with Crippen molar-refractivity contribution < 1.29 is 4.79 Å². The predicted octanol–water partition coefficient (Wildman–Crippen LogP) is 4.88. The van der Waals surface area contributed by atoms with E-state index >= 15 is 0 Å². The Bertz CT molecular complexity index is 1110. The number of rotatable bonds is 4. The SMILES string of the molecule is N#Cc1ccc2nc(NC(=O)NC3CC4CCCC(C3)N4Cc3ccccc3)sc2c1. The number of urea groups is 1. The summed E-state index contributed by atoms with van der Waals surface area (Å²) in [5, 5.41) is 15.7. The molecule has 0 radical (unpaired) electrons. The minimum atomic E-state index is -0.195. The van der Waals surface area contributed by atoms with E-state index in [1.54, 1.807) is 12.1 Å². The molecule has 2 aromatic carbocycles. The molecule has 0 saturated carbocycles. The Morgan fingerprint density at radius 1 is 1.16 bits per heavy atom. The van der Waals surface area contributed by atoms with Gasteiger partial charge in [0.05, 0.1) is 21.8 Å². The van der Waals surface area contributed by atoms with Gasteiger partial charge in [-0.05, 0) is 49.4 Å². The molecule has 5 rings (SSSR count). The molecule has 2 atom stereocenters. The zero-order valence-corrected chi connectivity index (χ0v) is 18.1. The minimum absolute atomic E-state index is 0.182. The summed E-state index contributed by atoms with van der Waals surface area (Å²) in [5.41, 5.74) is 2.75. The number of amides is 2. The molecule has 2 bridgehead atoms. The number of carbonyl (C=O) groups excluding carboxylic acids is 1. The van der Waals surface area contributed by atoms with Gasteiger partial charge in [-0.2, -0.15) is 5.26 Å². The number of piperidine rings is 2. The molecule has 2 unspecified atom stereocenters. The van der Waals surface area contributed by atoms with Gasteiger partial charge in [-0.1, -0.05) is 48.1 Å². The fourth-order valence-electron chi connectivity index (χ4n) is 5.01. The second-order valence-electron chi connectivity index (χ2n) is 8.48. The Kier molecular flexibility index (Phi) is 5.58. The molecule has 6 nitrogen and oxygen atoms in total. The molecule has 2 saturated heterocycles. The third-order valence-electron chi connectivity index (χ3n) is 6.41. The van der Waals surface area contributed by atoms with Gasteiger partial charge in [-0.15, -0.1) is 0 Å². The Morgan fingerprint density at radius 3 is 2.68 bits per heavy atom. The van der Waals surface area contributed by atoms with E-state index < -0.39 is 0 Å². The average molecular weight is 432 g/mol. The highest BCUT2D eigenvalue weighted by molar-refractivity contribution is 7.22. The van der Waals surface area contributed by atoms with Gasteiger partial charge in [0.25, 0.3) is 0 Å². The van der Waals surface area contributed by atoms with Crippen LogP contribution in [0.25, 0.3) is 10.2 Å². The molecular formula is C24H25N5OS. The molecule has 0 aliphatic carbocycles. The number of nitrogens with zero attached hydrogens (tertiary/aromatic N) is 3. The van der Waals surface area contributed by atoms with E-state index in [9.17, 15) is 4.79 Å². The standard InChI is InChI=1S/C24H25N5OS/c25-14-17-9-10-21-22(11-17)31-24(27-21)28-23(30)26-18-12-19-7-4-8-20(13-18)29(19)15-16-5-2-1-3-6-16/h1-3,5-6,9-11,18-20H,4,7-8,12-13,15H2,(H2,26,27,28,30). The van der Waals surface area contributed by atoms with Crippen LogP contribution in [0.5, 0.6) is 0 Å². The number of hydrogen-bond acceptors (Lipinski definition) is 5. The summed E-state index contributed by atoms with van der Waals surface area (Å²) in [6.45, 7) is 0.992. The van der Waals surface area contributed by atoms with Crippen molar-refractivity contribution >= 4 is 32.7 Å².